The number of piperidine rings is 2. The van der Waals surface area contributed by atoms with E-state index in [1.165, 1.54) is 24.1 Å². The molecule has 7 rings (SSSR count). The summed E-state index contributed by atoms with van der Waals surface area (Å²) < 4.78 is 6.39. The number of ether oxygens (including phenoxy) is 1. The molecule has 2 aliphatic carbocycles. The second-order valence-corrected chi connectivity index (χ2v) is 8.45. The van der Waals surface area contributed by atoms with Crippen LogP contribution >= 0.6 is 0 Å². The fourth-order valence-electron chi connectivity index (χ4n) is 7.36. The first-order valence-electron chi connectivity index (χ1n) is 9.03. The lowest BCUT2D eigenvalue weighted by Gasteiger charge is -2.73. The molecule has 0 radical (unpaired) electrons. The van der Waals surface area contributed by atoms with Gasteiger partial charge in [0.15, 0.2) is 0 Å². The summed E-state index contributed by atoms with van der Waals surface area (Å²) in [6.07, 6.45) is 5.16. The largest absolute Gasteiger partial charge is 0.379 e. The summed E-state index contributed by atoms with van der Waals surface area (Å²) in [5.41, 5.74) is 3.22. The van der Waals surface area contributed by atoms with Crippen LogP contribution in [0.25, 0.3) is 0 Å². The van der Waals surface area contributed by atoms with Gasteiger partial charge in [-0.1, -0.05) is 24.3 Å². The van der Waals surface area contributed by atoms with Crippen LogP contribution in [0.15, 0.2) is 36.9 Å². The van der Waals surface area contributed by atoms with Gasteiger partial charge in [0.2, 0.25) is 0 Å². The van der Waals surface area contributed by atoms with E-state index in [2.05, 4.69) is 54.2 Å². The summed E-state index contributed by atoms with van der Waals surface area (Å²) in [5.74, 6) is 1.42. The van der Waals surface area contributed by atoms with Crippen LogP contribution in [0, 0.1) is 17.3 Å². The molecule has 7 unspecified atom stereocenters. The van der Waals surface area contributed by atoms with Crippen molar-refractivity contribution in [2.24, 2.45) is 17.3 Å². The van der Waals surface area contributed by atoms with Crippen LogP contribution in [0.4, 0.5) is 5.69 Å². The highest BCUT2D eigenvalue weighted by atomic mass is 16.5. The van der Waals surface area contributed by atoms with Gasteiger partial charge in [0.1, 0.15) is 0 Å². The zero-order valence-electron chi connectivity index (χ0n) is 13.7. The summed E-state index contributed by atoms with van der Waals surface area (Å²) in [4.78, 5) is 2.60. The van der Waals surface area contributed by atoms with Crippen LogP contribution in [0.1, 0.15) is 18.4 Å². The molecule has 3 heteroatoms. The molecule has 1 N–H and O–H groups in total. The molecule has 7 atom stereocenters. The molecular formula is C20H24N2O. The quantitative estimate of drug-likeness (QED) is 0.807. The van der Waals surface area contributed by atoms with E-state index in [1.807, 2.05) is 0 Å². The van der Waals surface area contributed by atoms with Gasteiger partial charge in [-0.15, -0.1) is 6.58 Å². The molecule has 4 aliphatic heterocycles. The molecule has 1 aromatic rings. The Bertz CT molecular complexity index is 717. The highest BCUT2D eigenvalue weighted by Gasteiger charge is 2.75. The lowest BCUT2D eigenvalue weighted by molar-refractivity contribution is -0.240. The van der Waals surface area contributed by atoms with Crippen molar-refractivity contribution in [3.05, 3.63) is 42.5 Å². The number of benzene rings is 1. The molecule has 3 nitrogen and oxygen atoms in total. The van der Waals surface area contributed by atoms with Gasteiger partial charge < -0.3 is 15.0 Å². The third kappa shape index (κ3) is 1.17. The highest BCUT2D eigenvalue weighted by molar-refractivity contribution is 5.66. The van der Waals surface area contributed by atoms with E-state index in [9.17, 15) is 0 Å². The third-order valence-electron chi connectivity index (χ3n) is 8.09. The van der Waals surface area contributed by atoms with Gasteiger partial charge in [-0.2, -0.15) is 0 Å². The Morgan fingerprint density at radius 1 is 1.39 bits per heavy atom. The lowest BCUT2D eigenvalue weighted by Crippen LogP contribution is -2.80. The minimum absolute atomic E-state index is 0.174. The third-order valence-corrected chi connectivity index (χ3v) is 8.09. The van der Waals surface area contributed by atoms with Gasteiger partial charge in [0, 0.05) is 35.0 Å². The molecule has 23 heavy (non-hydrogen) atoms. The summed E-state index contributed by atoms with van der Waals surface area (Å²) in [7, 11) is 2.31. The van der Waals surface area contributed by atoms with Crippen molar-refractivity contribution in [3.63, 3.8) is 0 Å². The van der Waals surface area contributed by atoms with Gasteiger partial charge in [-0.25, -0.2) is 0 Å². The van der Waals surface area contributed by atoms with Gasteiger partial charge >= 0.3 is 0 Å². The van der Waals surface area contributed by atoms with Crippen LogP contribution < -0.4 is 5.32 Å². The maximum absolute atomic E-state index is 6.39. The van der Waals surface area contributed by atoms with Gasteiger partial charge in [-0.05, 0) is 37.4 Å². The minimum atomic E-state index is 0.174. The Kier molecular flexibility index (Phi) is 2.17. The molecule has 0 amide bonds. The average Bonchev–Trinajstić information content (AvgIpc) is 2.90. The molecule has 1 aromatic carbocycles. The summed E-state index contributed by atoms with van der Waals surface area (Å²) in [6.45, 7) is 6.47. The Labute approximate surface area is 137 Å². The van der Waals surface area contributed by atoms with E-state index in [4.69, 9.17) is 4.74 Å². The summed E-state index contributed by atoms with van der Waals surface area (Å²) in [5, 5.41) is 3.88. The lowest BCUT2D eigenvalue weighted by atomic mass is 9.37. The summed E-state index contributed by atoms with van der Waals surface area (Å²) in [6, 6.07) is 10.0. The average molecular weight is 308 g/mol. The number of para-hydroxylation sites is 1. The maximum Gasteiger partial charge on any atom is 0.0788 e. The van der Waals surface area contributed by atoms with E-state index in [1.54, 1.807) is 0 Å². The van der Waals surface area contributed by atoms with Crippen molar-refractivity contribution in [2.75, 3.05) is 25.5 Å². The zero-order chi connectivity index (χ0) is 15.4. The number of rotatable bonds is 1. The molecular weight excluding hydrogens is 284 g/mol. The normalized spacial score (nSPS) is 52.0. The fourth-order valence-corrected chi connectivity index (χ4v) is 7.36. The smallest absolute Gasteiger partial charge is 0.0788 e. The van der Waals surface area contributed by atoms with E-state index in [0.717, 1.165) is 19.1 Å². The van der Waals surface area contributed by atoms with E-state index < -0.39 is 0 Å². The monoisotopic (exact) mass is 308 g/mol. The molecule has 0 aromatic heterocycles. The van der Waals surface area contributed by atoms with E-state index in [0.29, 0.717) is 24.1 Å². The molecule has 5 fully saturated rings. The second-order valence-electron chi connectivity index (χ2n) is 8.45. The zero-order valence-corrected chi connectivity index (χ0v) is 13.7. The number of anilines is 1. The van der Waals surface area contributed by atoms with Crippen molar-refractivity contribution < 1.29 is 4.74 Å². The maximum atomic E-state index is 6.39. The van der Waals surface area contributed by atoms with Crippen LogP contribution in [0.2, 0.25) is 0 Å². The predicted molar refractivity (Wildman–Crippen MR) is 90.5 cm³/mol. The topological polar surface area (TPSA) is 24.5 Å². The number of nitrogens with zero attached hydrogens (tertiary/aromatic N) is 1. The number of hydrogen-bond donors (Lipinski definition) is 1. The standard InChI is InChI=1S/C20H24N2O/c1-3-19-11-22(2)16-9-20(19)13-6-4-5-7-15(13)21-18(20)17-8-14(19)12(16)10-23-17/h3-7,12,14,16-18,21H,1,8-11H2,2H3. The molecule has 4 heterocycles. The Morgan fingerprint density at radius 2 is 2.26 bits per heavy atom. The minimum Gasteiger partial charge on any atom is -0.379 e. The van der Waals surface area contributed by atoms with Crippen LogP contribution in [0.3, 0.4) is 0 Å². The summed E-state index contributed by atoms with van der Waals surface area (Å²) >= 11 is 0. The van der Waals surface area contributed by atoms with Crippen molar-refractivity contribution >= 4 is 5.69 Å². The van der Waals surface area contributed by atoms with Crippen molar-refractivity contribution in [2.45, 2.75) is 36.4 Å². The number of fused-ring (bicyclic) bond motifs is 4. The fraction of sp³-hybridized carbons (Fsp3) is 0.600. The predicted octanol–water partition coefficient (Wildman–Crippen LogP) is 2.64. The highest BCUT2D eigenvalue weighted by Crippen LogP contribution is 2.71. The Morgan fingerprint density at radius 3 is 3.13 bits per heavy atom. The van der Waals surface area contributed by atoms with Gasteiger partial charge in [-0.3, -0.25) is 0 Å². The van der Waals surface area contributed by atoms with Crippen molar-refractivity contribution in [3.8, 4) is 0 Å². The number of hydrogen-bond acceptors (Lipinski definition) is 3. The van der Waals surface area contributed by atoms with Crippen molar-refractivity contribution in [1.29, 1.82) is 0 Å². The first kappa shape index (κ1) is 13.0. The Balaban J connectivity index is 1.68. The van der Waals surface area contributed by atoms with E-state index >= 15 is 0 Å². The van der Waals surface area contributed by atoms with Gasteiger partial charge in [0.05, 0.1) is 18.8 Å². The molecule has 5 bridgehead atoms. The van der Waals surface area contributed by atoms with Crippen LogP contribution in [-0.2, 0) is 10.2 Å². The molecule has 6 aliphatic rings. The first-order chi connectivity index (χ1) is 11.2. The van der Waals surface area contributed by atoms with Crippen LogP contribution in [-0.4, -0.2) is 43.3 Å². The SMILES string of the molecule is C=CC12CN(C)C3CC14c1ccccc1NC4C1CC2C3CO1. The van der Waals surface area contributed by atoms with E-state index in [-0.39, 0.29) is 10.8 Å². The van der Waals surface area contributed by atoms with Crippen LogP contribution in [0.5, 0.6) is 0 Å². The molecule has 1 spiro atoms. The number of nitrogens with one attached hydrogen (secondary N) is 1. The first-order valence-corrected chi connectivity index (χ1v) is 9.03. The second kappa shape index (κ2) is 3.84. The van der Waals surface area contributed by atoms with Gasteiger partial charge in [0.25, 0.3) is 0 Å². The Hall–Kier alpha value is -1.32. The van der Waals surface area contributed by atoms with Crippen molar-refractivity contribution in [1.82, 2.24) is 4.90 Å². The molecule has 120 valence electrons. The molecule has 3 saturated heterocycles. The molecule has 2 saturated carbocycles.